The van der Waals surface area contributed by atoms with E-state index in [0.717, 1.165) is 22.4 Å². The number of nitrogens with zero attached hydrogens (tertiary/aromatic N) is 3. The Bertz CT molecular complexity index is 1090. The van der Waals surface area contributed by atoms with E-state index in [1.807, 2.05) is 54.6 Å². The molecule has 2 aromatic heterocycles. The lowest BCUT2D eigenvalue weighted by atomic mass is 10.0. The smallest absolute Gasteiger partial charge is 0.358 e. The second-order valence-corrected chi connectivity index (χ2v) is 6.12. The molecule has 0 fully saturated rings. The Morgan fingerprint density at radius 3 is 2.46 bits per heavy atom. The molecular formula is C20H14ClN3O2. The summed E-state index contributed by atoms with van der Waals surface area (Å²) >= 11 is 6.04. The molecule has 4 aromatic rings. The van der Waals surface area contributed by atoms with E-state index < -0.39 is 5.97 Å². The van der Waals surface area contributed by atoms with E-state index in [-0.39, 0.29) is 5.69 Å². The van der Waals surface area contributed by atoms with Gasteiger partial charge in [-0.1, -0.05) is 54.1 Å². The van der Waals surface area contributed by atoms with Gasteiger partial charge in [0.1, 0.15) is 0 Å². The van der Waals surface area contributed by atoms with Crippen molar-refractivity contribution in [3.8, 4) is 22.4 Å². The van der Waals surface area contributed by atoms with Crippen LogP contribution in [0.4, 0.5) is 0 Å². The van der Waals surface area contributed by atoms with Crippen LogP contribution in [-0.4, -0.2) is 27.7 Å². The zero-order chi connectivity index (χ0) is 18.1. The van der Waals surface area contributed by atoms with Crippen LogP contribution in [0.25, 0.3) is 28.0 Å². The van der Waals surface area contributed by atoms with Crippen molar-refractivity contribution in [3.05, 3.63) is 77.6 Å². The molecule has 0 saturated heterocycles. The predicted octanol–water partition coefficient (Wildman–Crippen LogP) is 4.50. The van der Waals surface area contributed by atoms with Crippen LogP contribution in [0, 0.1) is 0 Å². The van der Waals surface area contributed by atoms with Gasteiger partial charge < -0.3 is 4.74 Å². The zero-order valence-electron chi connectivity index (χ0n) is 13.9. The number of esters is 1. The first-order valence-electron chi connectivity index (χ1n) is 7.96. The second kappa shape index (κ2) is 6.61. The molecule has 0 aliphatic heterocycles. The van der Waals surface area contributed by atoms with Crippen molar-refractivity contribution < 1.29 is 9.53 Å². The first-order chi connectivity index (χ1) is 12.7. The first-order valence-corrected chi connectivity index (χ1v) is 8.33. The molecule has 128 valence electrons. The number of ether oxygens (including phenoxy) is 1. The molecule has 0 amide bonds. The Morgan fingerprint density at radius 1 is 1.04 bits per heavy atom. The van der Waals surface area contributed by atoms with Crippen molar-refractivity contribution in [2.45, 2.75) is 0 Å². The number of carbonyl (C=O) groups excluding carboxylic acids is 1. The average Bonchev–Trinajstić information content (AvgIpc) is 3.12. The Kier molecular flexibility index (Phi) is 4.14. The molecule has 0 atom stereocenters. The molecule has 6 heteroatoms. The minimum atomic E-state index is -0.501. The van der Waals surface area contributed by atoms with Gasteiger partial charge in [0.2, 0.25) is 0 Å². The third-order valence-electron chi connectivity index (χ3n) is 4.08. The largest absolute Gasteiger partial charge is 0.464 e. The average molecular weight is 364 g/mol. The molecule has 0 N–H and O–H groups in total. The molecule has 0 aliphatic carbocycles. The highest BCUT2D eigenvalue weighted by atomic mass is 35.5. The van der Waals surface area contributed by atoms with Gasteiger partial charge >= 0.3 is 5.97 Å². The quantitative estimate of drug-likeness (QED) is 0.503. The fourth-order valence-electron chi connectivity index (χ4n) is 2.85. The van der Waals surface area contributed by atoms with Crippen LogP contribution >= 0.6 is 11.6 Å². The summed E-state index contributed by atoms with van der Waals surface area (Å²) in [5.41, 5.74) is 4.42. The topological polar surface area (TPSA) is 56.5 Å². The van der Waals surface area contributed by atoms with Crippen LogP contribution in [0.5, 0.6) is 0 Å². The number of carbonyl (C=O) groups is 1. The Labute approximate surface area is 154 Å². The molecule has 0 bridgehead atoms. The van der Waals surface area contributed by atoms with Crippen molar-refractivity contribution in [2.24, 2.45) is 0 Å². The monoisotopic (exact) mass is 363 g/mol. The van der Waals surface area contributed by atoms with Gasteiger partial charge in [0.05, 0.1) is 12.8 Å². The van der Waals surface area contributed by atoms with E-state index >= 15 is 0 Å². The van der Waals surface area contributed by atoms with Gasteiger partial charge in [0.15, 0.2) is 11.3 Å². The van der Waals surface area contributed by atoms with Gasteiger partial charge in [-0.15, -0.1) is 0 Å². The molecule has 4 rings (SSSR count). The Balaban J connectivity index is 2.03. The summed E-state index contributed by atoms with van der Waals surface area (Å²) in [5, 5.41) is 5.06. The van der Waals surface area contributed by atoms with Crippen LogP contribution in [0.1, 0.15) is 10.5 Å². The van der Waals surface area contributed by atoms with E-state index in [2.05, 4.69) is 10.1 Å². The molecule has 0 aliphatic rings. The lowest BCUT2D eigenvalue weighted by Crippen LogP contribution is -2.04. The summed E-state index contributed by atoms with van der Waals surface area (Å²) in [4.78, 5) is 16.4. The molecule has 2 heterocycles. The zero-order valence-corrected chi connectivity index (χ0v) is 14.6. The molecule has 5 nitrogen and oxygen atoms in total. The van der Waals surface area contributed by atoms with Crippen molar-refractivity contribution >= 4 is 23.2 Å². The van der Waals surface area contributed by atoms with E-state index in [9.17, 15) is 4.79 Å². The van der Waals surface area contributed by atoms with Crippen LogP contribution in [0.15, 0.2) is 66.9 Å². The summed E-state index contributed by atoms with van der Waals surface area (Å²) in [5.74, 6) is -0.501. The van der Waals surface area contributed by atoms with Crippen molar-refractivity contribution in [1.29, 1.82) is 0 Å². The maximum atomic E-state index is 11.9. The standard InChI is InChI=1S/C20H14ClN3O2/c1-26-20(25)17-11-18-22-12-16(13-5-3-2-4-6-13)19(24(18)23-17)14-7-9-15(21)10-8-14/h2-12H,1H3. The van der Waals surface area contributed by atoms with Gasteiger partial charge in [-0.3, -0.25) is 0 Å². The summed E-state index contributed by atoms with van der Waals surface area (Å²) < 4.78 is 6.45. The molecule has 0 spiro atoms. The third-order valence-corrected chi connectivity index (χ3v) is 4.33. The number of aromatic nitrogens is 3. The minimum absolute atomic E-state index is 0.209. The maximum absolute atomic E-state index is 11.9. The Morgan fingerprint density at radius 2 is 1.77 bits per heavy atom. The number of benzene rings is 2. The van der Waals surface area contributed by atoms with Crippen LogP contribution < -0.4 is 0 Å². The van der Waals surface area contributed by atoms with Crippen LogP contribution in [0.3, 0.4) is 0 Å². The number of fused-ring (bicyclic) bond motifs is 1. The minimum Gasteiger partial charge on any atom is -0.464 e. The molecule has 2 aromatic carbocycles. The van der Waals surface area contributed by atoms with Crippen molar-refractivity contribution in [1.82, 2.24) is 14.6 Å². The normalized spacial score (nSPS) is 10.8. The first kappa shape index (κ1) is 16.3. The van der Waals surface area contributed by atoms with Crippen LogP contribution in [0.2, 0.25) is 5.02 Å². The fraction of sp³-hybridized carbons (Fsp3) is 0.0500. The number of methoxy groups -OCH3 is 1. The highest BCUT2D eigenvalue weighted by Crippen LogP contribution is 2.32. The van der Waals surface area contributed by atoms with Gasteiger partial charge in [0, 0.05) is 28.4 Å². The Hall–Kier alpha value is -3.18. The van der Waals surface area contributed by atoms with Crippen molar-refractivity contribution in [3.63, 3.8) is 0 Å². The van der Waals surface area contributed by atoms with Gasteiger partial charge in [-0.2, -0.15) is 5.10 Å². The summed E-state index contributed by atoms with van der Waals surface area (Å²) in [6.07, 6.45) is 1.79. The predicted molar refractivity (Wildman–Crippen MR) is 100 cm³/mol. The number of hydrogen-bond acceptors (Lipinski definition) is 4. The lowest BCUT2D eigenvalue weighted by Gasteiger charge is -2.12. The van der Waals surface area contributed by atoms with Gasteiger partial charge in [0.25, 0.3) is 0 Å². The fourth-order valence-corrected chi connectivity index (χ4v) is 2.98. The highest BCUT2D eigenvalue weighted by molar-refractivity contribution is 6.30. The molecular weight excluding hydrogens is 350 g/mol. The second-order valence-electron chi connectivity index (χ2n) is 5.68. The van der Waals surface area contributed by atoms with Crippen molar-refractivity contribution in [2.75, 3.05) is 7.11 Å². The van der Waals surface area contributed by atoms with E-state index in [0.29, 0.717) is 10.7 Å². The summed E-state index contributed by atoms with van der Waals surface area (Å²) in [7, 11) is 1.33. The number of halogens is 1. The molecule has 0 saturated carbocycles. The summed E-state index contributed by atoms with van der Waals surface area (Å²) in [6.45, 7) is 0. The van der Waals surface area contributed by atoms with Gasteiger partial charge in [-0.05, 0) is 17.7 Å². The molecule has 26 heavy (non-hydrogen) atoms. The number of hydrogen-bond donors (Lipinski definition) is 0. The lowest BCUT2D eigenvalue weighted by molar-refractivity contribution is 0.0593. The number of rotatable bonds is 3. The maximum Gasteiger partial charge on any atom is 0.358 e. The molecule has 0 unspecified atom stereocenters. The SMILES string of the molecule is COC(=O)c1cc2ncc(-c3ccccc3)c(-c3ccc(Cl)cc3)n2n1. The van der Waals surface area contributed by atoms with Gasteiger partial charge in [-0.25, -0.2) is 14.3 Å². The molecule has 0 radical (unpaired) electrons. The van der Waals surface area contributed by atoms with Crippen LogP contribution in [-0.2, 0) is 4.74 Å². The highest BCUT2D eigenvalue weighted by Gasteiger charge is 2.18. The van der Waals surface area contributed by atoms with E-state index in [1.54, 1.807) is 16.8 Å². The third kappa shape index (κ3) is 2.82. The van der Waals surface area contributed by atoms with E-state index in [1.165, 1.54) is 7.11 Å². The summed E-state index contributed by atoms with van der Waals surface area (Å²) in [6, 6.07) is 19.0. The van der Waals surface area contributed by atoms with E-state index in [4.69, 9.17) is 16.3 Å².